The van der Waals surface area contributed by atoms with Crippen molar-refractivity contribution in [2.45, 2.75) is 20.8 Å². The first-order valence-corrected chi connectivity index (χ1v) is 6.81. The number of anilines is 2. The van der Waals surface area contributed by atoms with Gasteiger partial charge in [-0.1, -0.05) is 0 Å². The first kappa shape index (κ1) is 13.1. The van der Waals surface area contributed by atoms with Gasteiger partial charge in [0.2, 0.25) is 0 Å². The first-order chi connectivity index (χ1) is 8.74. The summed E-state index contributed by atoms with van der Waals surface area (Å²) < 4.78 is 0. The quantitative estimate of drug-likeness (QED) is 0.864. The van der Waals surface area contributed by atoms with Gasteiger partial charge in [0.05, 0.1) is 0 Å². The largest absolute Gasteiger partial charge is 0.357 e. The molecule has 0 spiro atoms. The van der Waals surface area contributed by atoms with Crippen molar-refractivity contribution in [3.05, 3.63) is 11.9 Å². The number of hydrogen-bond acceptors (Lipinski definition) is 5. The van der Waals surface area contributed by atoms with Crippen LogP contribution >= 0.6 is 0 Å². The van der Waals surface area contributed by atoms with E-state index in [1.807, 2.05) is 6.92 Å². The lowest BCUT2D eigenvalue weighted by atomic mass is 10.3. The lowest BCUT2D eigenvalue weighted by Gasteiger charge is -2.29. The summed E-state index contributed by atoms with van der Waals surface area (Å²) in [6.45, 7) is 12.4. The minimum absolute atomic E-state index is 0.855. The van der Waals surface area contributed by atoms with Crippen LogP contribution in [0.5, 0.6) is 0 Å². The van der Waals surface area contributed by atoms with Crippen LogP contribution < -0.4 is 15.1 Å². The number of hydrogen-bond donors (Lipinski definition) is 1. The molecule has 1 fully saturated rings. The van der Waals surface area contributed by atoms with Gasteiger partial charge in [-0.05, 0) is 20.8 Å². The van der Waals surface area contributed by atoms with Gasteiger partial charge in [0.15, 0.2) is 0 Å². The average Bonchev–Trinajstić information content (AvgIpc) is 2.40. The van der Waals surface area contributed by atoms with Gasteiger partial charge >= 0.3 is 0 Å². The second kappa shape index (κ2) is 6.00. The summed E-state index contributed by atoms with van der Waals surface area (Å²) in [5, 5.41) is 3.36. The predicted octanol–water partition coefficient (Wildman–Crippen LogP) is 1.04. The van der Waals surface area contributed by atoms with Crippen LogP contribution in [0.25, 0.3) is 0 Å². The van der Waals surface area contributed by atoms with Crippen molar-refractivity contribution in [3.63, 3.8) is 0 Å². The summed E-state index contributed by atoms with van der Waals surface area (Å²) in [5.41, 5.74) is 0. The Hall–Kier alpha value is -1.36. The molecule has 100 valence electrons. The van der Waals surface area contributed by atoms with Crippen molar-refractivity contribution in [3.8, 4) is 0 Å². The van der Waals surface area contributed by atoms with Gasteiger partial charge in [-0.15, -0.1) is 0 Å². The summed E-state index contributed by atoms with van der Waals surface area (Å²) in [6, 6.07) is 2.12. The van der Waals surface area contributed by atoms with E-state index >= 15 is 0 Å². The van der Waals surface area contributed by atoms with Crippen LogP contribution in [0.1, 0.15) is 19.7 Å². The molecule has 0 bridgehead atoms. The number of aromatic nitrogens is 2. The molecule has 1 aromatic rings. The van der Waals surface area contributed by atoms with Crippen LogP contribution in [-0.2, 0) is 0 Å². The molecule has 0 unspecified atom stereocenters. The standard InChI is InChI=1S/C13H23N5/c1-4-17(5-2)12-10-13(16-11(3)15-12)18-8-6-14-7-9-18/h10,14H,4-9H2,1-3H3. The van der Waals surface area contributed by atoms with Crippen molar-refractivity contribution in [1.29, 1.82) is 0 Å². The van der Waals surface area contributed by atoms with Crippen LogP contribution in [0.2, 0.25) is 0 Å². The average molecular weight is 249 g/mol. The van der Waals surface area contributed by atoms with Crippen molar-refractivity contribution in [2.24, 2.45) is 0 Å². The highest BCUT2D eigenvalue weighted by molar-refractivity contribution is 5.51. The molecule has 0 aliphatic carbocycles. The SMILES string of the molecule is CCN(CC)c1cc(N2CCNCC2)nc(C)n1. The Kier molecular flexibility index (Phi) is 4.36. The van der Waals surface area contributed by atoms with Crippen molar-refractivity contribution in [1.82, 2.24) is 15.3 Å². The first-order valence-electron chi connectivity index (χ1n) is 6.81. The second-order valence-electron chi connectivity index (χ2n) is 4.54. The Morgan fingerprint density at radius 2 is 1.89 bits per heavy atom. The Balaban J connectivity index is 2.24. The molecule has 2 rings (SSSR count). The van der Waals surface area contributed by atoms with Gasteiger partial charge in [-0.25, -0.2) is 9.97 Å². The predicted molar refractivity (Wildman–Crippen MR) is 75.4 cm³/mol. The zero-order chi connectivity index (χ0) is 13.0. The summed E-state index contributed by atoms with van der Waals surface area (Å²) in [6.07, 6.45) is 0. The summed E-state index contributed by atoms with van der Waals surface area (Å²) >= 11 is 0. The maximum absolute atomic E-state index is 4.57. The molecule has 0 amide bonds. The van der Waals surface area contributed by atoms with Crippen LogP contribution in [0.3, 0.4) is 0 Å². The number of nitrogens with zero attached hydrogens (tertiary/aromatic N) is 4. The van der Waals surface area contributed by atoms with Crippen LogP contribution in [0.15, 0.2) is 6.07 Å². The molecule has 0 saturated carbocycles. The fourth-order valence-electron chi connectivity index (χ4n) is 2.30. The number of aryl methyl sites for hydroxylation is 1. The Morgan fingerprint density at radius 3 is 2.50 bits per heavy atom. The third-order valence-electron chi connectivity index (χ3n) is 3.34. The Labute approximate surface area is 109 Å². The van der Waals surface area contributed by atoms with Gasteiger partial charge in [0, 0.05) is 45.3 Å². The molecule has 5 heteroatoms. The van der Waals surface area contributed by atoms with Gasteiger partial charge < -0.3 is 15.1 Å². The van der Waals surface area contributed by atoms with E-state index in [0.717, 1.165) is 56.7 Å². The van der Waals surface area contributed by atoms with Gasteiger partial charge in [0.1, 0.15) is 17.5 Å². The maximum atomic E-state index is 4.57. The molecule has 1 aromatic heterocycles. The highest BCUT2D eigenvalue weighted by Gasteiger charge is 2.14. The number of piperazine rings is 1. The monoisotopic (exact) mass is 249 g/mol. The summed E-state index contributed by atoms with van der Waals surface area (Å²) in [4.78, 5) is 13.7. The highest BCUT2D eigenvalue weighted by atomic mass is 15.3. The normalized spacial score (nSPS) is 15.8. The van der Waals surface area contributed by atoms with E-state index in [0.29, 0.717) is 0 Å². The lowest BCUT2D eigenvalue weighted by Crippen LogP contribution is -2.44. The Morgan fingerprint density at radius 1 is 1.22 bits per heavy atom. The van der Waals surface area contributed by atoms with Crippen molar-refractivity contribution in [2.75, 3.05) is 49.1 Å². The van der Waals surface area contributed by atoms with E-state index in [9.17, 15) is 0 Å². The van der Waals surface area contributed by atoms with E-state index in [1.54, 1.807) is 0 Å². The molecule has 0 atom stereocenters. The lowest BCUT2D eigenvalue weighted by molar-refractivity contribution is 0.584. The molecule has 1 N–H and O–H groups in total. The minimum atomic E-state index is 0.855. The van der Waals surface area contributed by atoms with E-state index in [4.69, 9.17) is 0 Å². The molecular weight excluding hydrogens is 226 g/mol. The zero-order valence-corrected chi connectivity index (χ0v) is 11.6. The van der Waals surface area contributed by atoms with E-state index in [2.05, 4.69) is 45.0 Å². The van der Waals surface area contributed by atoms with Crippen LogP contribution in [0, 0.1) is 6.92 Å². The molecule has 1 aliphatic rings. The third kappa shape index (κ3) is 2.90. The molecule has 0 aromatic carbocycles. The van der Waals surface area contributed by atoms with Gasteiger partial charge in [-0.2, -0.15) is 0 Å². The fraction of sp³-hybridized carbons (Fsp3) is 0.692. The van der Waals surface area contributed by atoms with E-state index < -0.39 is 0 Å². The molecular formula is C13H23N5. The van der Waals surface area contributed by atoms with Gasteiger partial charge in [-0.3, -0.25) is 0 Å². The minimum Gasteiger partial charge on any atom is -0.357 e. The molecule has 1 aliphatic heterocycles. The van der Waals surface area contributed by atoms with Crippen LogP contribution in [0.4, 0.5) is 11.6 Å². The maximum Gasteiger partial charge on any atom is 0.134 e. The smallest absolute Gasteiger partial charge is 0.134 e. The highest BCUT2D eigenvalue weighted by Crippen LogP contribution is 2.19. The van der Waals surface area contributed by atoms with Crippen molar-refractivity contribution < 1.29 is 0 Å². The summed E-state index contributed by atoms with van der Waals surface area (Å²) in [5.74, 6) is 2.96. The van der Waals surface area contributed by atoms with Crippen LogP contribution in [-0.4, -0.2) is 49.2 Å². The third-order valence-corrected chi connectivity index (χ3v) is 3.34. The molecule has 1 saturated heterocycles. The summed E-state index contributed by atoms with van der Waals surface area (Å²) in [7, 11) is 0. The number of rotatable bonds is 4. The Bertz CT molecular complexity index is 383. The molecule has 5 nitrogen and oxygen atoms in total. The fourth-order valence-corrected chi connectivity index (χ4v) is 2.30. The topological polar surface area (TPSA) is 44.3 Å². The van der Waals surface area contributed by atoms with Crippen molar-refractivity contribution >= 4 is 11.6 Å². The molecule has 2 heterocycles. The zero-order valence-electron chi connectivity index (χ0n) is 11.6. The van der Waals surface area contributed by atoms with E-state index in [-0.39, 0.29) is 0 Å². The molecule has 18 heavy (non-hydrogen) atoms. The number of nitrogens with one attached hydrogen (secondary N) is 1. The molecule has 0 radical (unpaired) electrons. The van der Waals surface area contributed by atoms with Gasteiger partial charge in [0.25, 0.3) is 0 Å². The second-order valence-corrected chi connectivity index (χ2v) is 4.54. The van der Waals surface area contributed by atoms with E-state index in [1.165, 1.54) is 0 Å².